The highest BCUT2D eigenvalue weighted by molar-refractivity contribution is 5.81. The fourth-order valence-electron chi connectivity index (χ4n) is 2.83. The van der Waals surface area contributed by atoms with Gasteiger partial charge in [0.15, 0.2) is 0 Å². The number of nitrogens with zero attached hydrogens (tertiary/aromatic N) is 2. The zero-order chi connectivity index (χ0) is 14.5. The van der Waals surface area contributed by atoms with Crippen LogP contribution in [-0.4, -0.2) is 47.9 Å². The summed E-state index contributed by atoms with van der Waals surface area (Å²) < 4.78 is 0. The minimum absolute atomic E-state index is 0.0385. The average Bonchev–Trinajstić information content (AvgIpc) is 2.47. The smallest absolute Gasteiger partial charge is 0.239 e. The maximum Gasteiger partial charge on any atom is 0.239 e. The zero-order valence-electron chi connectivity index (χ0n) is 12.5. The highest BCUT2D eigenvalue weighted by Gasteiger charge is 2.27. The Balaban J connectivity index is 1.93. The predicted octanol–water partition coefficient (Wildman–Crippen LogP) is 1.46. The van der Waals surface area contributed by atoms with Crippen LogP contribution in [0.15, 0.2) is 30.3 Å². The molecule has 1 fully saturated rings. The van der Waals surface area contributed by atoms with Crippen molar-refractivity contribution in [3.63, 3.8) is 0 Å². The molecule has 0 radical (unpaired) electrons. The molecule has 0 spiro atoms. The predicted molar refractivity (Wildman–Crippen MR) is 81.2 cm³/mol. The minimum Gasteiger partial charge on any atom is -0.340 e. The Morgan fingerprint density at radius 2 is 2.15 bits per heavy atom. The molecule has 2 N–H and O–H groups in total. The van der Waals surface area contributed by atoms with E-state index in [0.717, 1.165) is 32.5 Å². The van der Waals surface area contributed by atoms with Crippen LogP contribution in [0, 0.1) is 0 Å². The van der Waals surface area contributed by atoms with Crippen molar-refractivity contribution >= 4 is 5.91 Å². The van der Waals surface area contributed by atoms with Crippen LogP contribution in [0.4, 0.5) is 0 Å². The Kier molecular flexibility index (Phi) is 5.15. The molecule has 0 aliphatic carbocycles. The fourth-order valence-corrected chi connectivity index (χ4v) is 2.83. The first-order chi connectivity index (χ1) is 9.58. The normalized spacial score (nSPS) is 21.4. The molecule has 2 rings (SSSR count). The number of hydrogen-bond acceptors (Lipinski definition) is 3. The van der Waals surface area contributed by atoms with Crippen molar-refractivity contribution in [1.82, 2.24) is 9.80 Å². The summed E-state index contributed by atoms with van der Waals surface area (Å²) in [5.74, 6) is 0.0385. The average molecular weight is 275 g/mol. The van der Waals surface area contributed by atoms with Gasteiger partial charge in [0, 0.05) is 26.2 Å². The number of carbonyl (C=O) groups excluding carboxylic acids is 1. The molecule has 4 nitrogen and oxygen atoms in total. The largest absolute Gasteiger partial charge is 0.340 e. The zero-order valence-corrected chi connectivity index (χ0v) is 12.5. The molecule has 1 saturated heterocycles. The second-order valence-corrected chi connectivity index (χ2v) is 5.75. The lowest BCUT2D eigenvalue weighted by molar-refractivity contribution is -0.134. The minimum atomic E-state index is -0.413. The summed E-state index contributed by atoms with van der Waals surface area (Å²) >= 11 is 0. The van der Waals surface area contributed by atoms with Gasteiger partial charge < -0.3 is 10.6 Å². The van der Waals surface area contributed by atoms with Gasteiger partial charge in [-0.1, -0.05) is 30.3 Å². The molecular formula is C16H25N3O. The highest BCUT2D eigenvalue weighted by atomic mass is 16.2. The van der Waals surface area contributed by atoms with Gasteiger partial charge in [0.25, 0.3) is 0 Å². The van der Waals surface area contributed by atoms with E-state index in [1.54, 1.807) is 6.92 Å². The van der Waals surface area contributed by atoms with Gasteiger partial charge in [-0.25, -0.2) is 0 Å². The Hall–Kier alpha value is -1.39. The van der Waals surface area contributed by atoms with E-state index in [-0.39, 0.29) is 11.9 Å². The number of carbonyl (C=O) groups is 1. The van der Waals surface area contributed by atoms with Crippen molar-refractivity contribution in [3.8, 4) is 0 Å². The molecule has 1 unspecified atom stereocenters. The number of likely N-dealkylation sites (tertiary alicyclic amines) is 1. The molecule has 1 heterocycles. The molecule has 0 aromatic heterocycles. The molecule has 1 aliphatic rings. The van der Waals surface area contributed by atoms with Crippen molar-refractivity contribution in [3.05, 3.63) is 35.9 Å². The molecule has 1 amide bonds. The molecule has 0 bridgehead atoms. The van der Waals surface area contributed by atoms with Crippen molar-refractivity contribution in [2.75, 3.05) is 20.1 Å². The first kappa shape index (κ1) is 15.0. The monoisotopic (exact) mass is 275 g/mol. The molecule has 20 heavy (non-hydrogen) atoms. The molecule has 0 saturated carbocycles. The van der Waals surface area contributed by atoms with Gasteiger partial charge in [0.05, 0.1) is 6.04 Å². The highest BCUT2D eigenvalue weighted by Crippen LogP contribution is 2.17. The molecule has 2 atom stereocenters. The number of amides is 1. The number of nitrogens with two attached hydrogens (primary N) is 1. The lowest BCUT2D eigenvalue weighted by Gasteiger charge is -2.38. The van der Waals surface area contributed by atoms with E-state index >= 15 is 0 Å². The number of rotatable bonds is 4. The van der Waals surface area contributed by atoms with Gasteiger partial charge >= 0.3 is 0 Å². The second-order valence-electron chi connectivity index (χ2n) is 5.75. The van der Waals surface area contributed by atoms with Crippen LogP contribution < -0.4 is 5.73 Å². The first-order valence-electron chi connectivity index (χ1n) is 7.36. The summed E-state index contributed by atoms with van der Waals surface area (Å²) in [6, 6.07) is 10.4. The third kappa shape index (κ3) is 3.81. The molecular weight excluding hydrogens is 250 g/mol. The lowest BCUT2D eigenvalue weighted by atomic mass is 10.0. The van der Waals surface area contributed by atoms with Gasteiger partial charge in [-0.3, -0.25) is 9.69 Å². The van der Waals surface area contributed by atoms with Crippen LogP contribution >= 0.6 is 0 Å². The standard InChI is InChI=1S/C16H25N3O/c1-13(17)16(20)18(2)15-9-6-10-19(12-15)11-14-7-4-3-5-8-14/h3-5,7-8,13,15H,6,9-12,17H2,1-2H3/t13?,15-/m0/s1. The maximum absolute atomic E-state index is 12.0. The molecule has 1 aromatic rings. The van der Waals surface area contributed by atoms with E-state index in [2.05, 4.69) is 29.2 Å². The summed E-state index contributed by atoms with van der Waals surface area (Å²) in [6.45, 7) is 4.75. The number of benzene rings is 1. The van der Waals surface area contributed by atoms with Crippen molar-refractivity contribution in [2.45, 2.75) is 38.4 Å². The summed E-state index contributed by atoms with van der Waals surface area (Å²) in [5, 5.41) is 0. The molecule has 110 valence electrons. The van der Waals surface area contributed by atoms with Gasteiger partial charge in [0.1, 0.15) is 0 Å². The van der Waals surface area contributed by atoms with Crippen LogP contribution in [0.2, 0.25) is 0 Å². The van der Waals surface area contributed by atoms with Crippen molar-refractivity contribution < 1.29 is 4.79 Å². The second kappa shape index (κ2) is 6.86. The summed E-state index contributed by atoms with van der Waals surface area (Å²) in [7, 11) is 1.88. The van der Waals surface area contributed by atoms with E-state index in [1.165, 1.54) is 5.56 Å². The Labute approximate surface area is 121 Å². The SMILES string of the molecule is CC(N)C(=O)N(C)[C@H]1CCCN(Cc2ccccc2)C1. The van der Waals surface area contributed by atoms with Gasteiger partial charge in [-0.15, -0.1) is 0 Å². The van der Waals surface area contributed by atoms with E-state index in [1.807, 2.05) is 18.0 Å². The van der Waals surface area contributed by atoms with Crippen molar-refractivity contribution in [2.24, 2.45) is 5.73 Å². The fraction of sp³-hybridized carbons (Fsp3) is 0.562. The summed E-state index contributed by atoms with van der Waals surface area (Å²) in [4.78, 5) is 16.2. The number of hydrogen-bond donors (Lipinski definition) is 1. The van der Waals surface area contributed by atoms with E-state index in [9.17, 15) is 4.79 Å². The third-order valence-corrected chi connectivity index (χ3v) is 4.01. The van der Waals surface area contributed by atoms with E-state index in [4.69, 9.17) is 5.73 Å². The van der Waals surface area contributed by atoms with Crippen LogP contribution in [-0.2, 0) is 11.3 Å². The Bertz CT molecular complexity index is 433. The Morgan fingerprint density at radius 1 is 1.45 bits per heavy atom. The van der Waals surface area contributed by atoms with E-state index < -0.39 is 6.04 Å². The molecule has 4 heteroatoms. The quantitative estimate of drug-likeness (QED) is 0.905. The number of piperidine rings is 1. The lowest BCUT2D eigenvalue weighted by Crippen LogP contribution is -2.51. The summed E-state index contributed by atoms with van der Waals surface area (Å²) in [5.41, 5.74) is 7.02. The van der Waals surface area contributed by atoms with Gasteiger partial charge in [-0.05, 0) is 31.9 Å². The third-order valence-electron chi connectivity index (χ3n) is 4.01. The summed E-state index contributed by atoms with van der Waals surface area (Å²) in [6.07, 6.45) is 2.20. The first-order valence-corrected chi connectivity index (χ1v) is 7.36. The number of likely N-dealkylation sites (N-methyl/N-ethyl adjacent to an activating group) is 1. The van der Waals surface area contributed by atoms with Crippen LogP contribution in [0.1, 0.15) is 25.3 Å². The molecule has 1 aromatic carbocycles. The van der Waals surface area contributed by atoms with Crippen LogP contribution in [0.3, 0.4) is 0 Å². The van der Waals surface area contributed by atoms with Crippen LogP contribution in [0.5, 0.6) is 0 Å². The van der Waals surface area contributed by atoms with Gasteiger partial charge in [0.2, 0.25) is 5.91 Å². The van der Waals surface area contributed by atoms with Crippen LogP contribution in [0.25, 0.3) is 0 Å². The van der Waals surface area contributed by atoms with Crippen molar-refractivity contribution in [1.29, 1.82) is 0 Å². The topological polar surface area (TPSA) is 49.6 Å². The Morgan fingerprint density at radius 3 is 2.80 bits per heavy atom. The van der Waals surface area contributed by atoms with Gasteiger partial charge in [-0.2, -0.15) is 0 Å². The maximum atomic E-state index is 12.0. The molecule has 1 aliphatic heterocycles. The van der Waals surface area contributed by atoms with E-state index in [0.29, 0.717) is 0 Å².